The first-order chi connectivity index (χ1) is 25.9. The Hall–Kier alpha value is -1.21. The lowest BCUT2D eigenvalue weighted by Gasteiger charge is -2.31. The van der Waals surface area contributed by atoms with Crippen LogP contribution in [0.4, 0.5) is 0 Å². The number of fused-ring (bicyclic) bond motifs is 3. The summed E-state index contributed by atoms with van der Waals surface area (Å²) in [7, 11) is -3.01. The van der Waals surface area contributed by atoms with Crippen molar-refractivity contribution in [3.05, 3.63) is 36.4 Å². The molecule has 1 aromatic carbocycles. The van der Waals surface area contributed by atoms with Crippen molar-refractivity contribution in [2.24, 2.45) is 0 Å². The molecule has 6 aromatic rings. The Balaban J connectivity index is 1.30. The van der Waals surface area contributed by atoms with Gasteiger partial charge in [0.15, 0.2) is 0 Å². The van der Waals surface area contributed by atoms with Crippen molar-refractivity contribution in [2.75, 3.05) is 0 Å². The van der Waals surface area contributed by atoms with Gasteiger partial charge in [-0.15, -0.1) is 45.3 Å². The van der Waals surface area contributed by atoms with Crippen molar-refractivity contribution in [3.8, 4) is 20.9 Å². The lowest BCUT2D eigenvalue weighted by atomic mass is 10.1. The number of hydrogen-bond acceptors (Lipinski definition) is 7. The first kappa shape index (κ1) is 41.4. The summed E-state index contributed by atoms with van der Waals surface area (Å²) in [5.74, 6) is 0. The molecule has 9 heteroatoms. The molecule has 0 atom stereocenters. The summed E-state index contributed by atoms with van der Waals surface area (Å²) in [6, 6.07) is 23.8. The lowest BCUT2D eigenvalue weighted by molar-refractivity contribution is 0.691. The van der Waals surface area contributed by atoms with E-state index in [4.69, 9.17) is 8.75 Å². The van der Waals surface area contributed by atoms with Gasteiger partial charge < -0.3 is 0 Å². The topological polar surface area (TPSA) is 25.8 Å². The lowest BCUT2D eigenvalue weighted by Crippen LogP contribution is -2.45. The van der Waals surface area contributed by atoms with E-state index in [1.807, 2.05) is 22.7 Å². The van der Waals surface area contributed by atoms with Gasteiger partial charge in [0.05, 0.1) is 27.9 Å². The number of nitrogens with zero attached hydrogens (tertiary/aromatic N) is 2. The fourth-order valence-electron chi connectivity index (χ4n) is 8.68. The van der Waals surface area contributed by atoms with Crippen LogP contribution in [0.2, 0.25) is 36.3 Å². The summed E-state index contributed by atoms with van der Waals surface area (Å²) < 4.78 is 19.4. The average Bonchev–Trinajstić information content (AvgIpc) is 4.01. The zero-order valence-corrected chi connectivity index (χ0v) is 39.6. The Morgan fingerprint density at radius 2 is 0.774 bits per heavy atom. The molecule has 0 spiro atoms. The highest BCUT2D eigenvalue weighted by molar-refractivity contribution is 7.37. The molecule has 288 valence electrons. The van der Waals surface area contributed by atoms with E-state index in [2.05, 4.69) is 101 Å². The van der Waals surface area contributed by atoms with Crippen LogP contribution in [0.5, 0.6) is 0 Å². The van der Waals surface area contributed by atoms with Gasteiger partial charge in [-0.2, -0.15) is 8.75 Å². The summed E-state index contributed by atoms with van der Waals surface area (Å²) in [6.45, 7) is 14.2. The van der Waals surface area contributed by atoms with Crippen LogP contribution in [0.3, 0.4) is 0 Å². The molecule has 0 fully saturated rings. The third kappa shape index (κ3) is 9.34. The second-order valence-electron chi connectivity index (χ2n) is 15.9. The van der Waals surface area contributed by atoms with E-state index in [1.165, 1.54) is 178 Å². The predicted octanol–water partition coefficient (Wildman–Crippen LogP) is 16.5. The molecule has 0 bridgehead atoms. The quantitative estimate of drug-likeness (QED) is 0.0448. The van der Waals surface area contributed by atoms with Crippen LogP contribution in [0, 0.1) is 0 Å². The number of rotatable bonds is 24. The molecule has 0 amide bonds. The van der Waals surface area contributed by atoms with E-state index >= 15 is 0 Å². The fraction of sp³-hybridized carbons (Fsp3) is 0.591. The Labute approximate surface area is 343 Å². The van der Waals surface area contributed by atoms with Crippen molar-refractivity contribution in [3.63, 3.8) is 0 Å². The van der Waals surface area contributed by atoms with Gasteiger partial charge in [0.25, 0.3) is 0 Å². The first-order valence-electron chi connectivity index (χ1n) is 21.3. The van der Waals surface area contributed by atoms with Gasteiger partial charge in [0.1, 0.15) is 11.0 Å². The molecular formula is C44H64N2S5Si2. The van der Waals surface area contributed by atoms with Crippen molar-refractivity contribution in [1.82, 2.24) is 8.75 Å². The zero-order chi connectivity index (χ0) is 37.3. The predicted molar refractivity (Wildman–Crippen MR) is 253 cm³/mol. The normalized spacial score (nSPS) is 12.7. The Bertz CT molecular complexity index is 1920. The molecule has 0 aliphatic carbocycles. The highest BCUT2D eigenvalue weighted by Crippen LogP contribution is 2.45. The van der Waals surface area contributed by atoms with E-state index in [0.717, 1.165) is 11.0 Å². The number of aromatic nitrogens is 2. The van der Waals surface area contributed by atoms with E-state index < -0.39 is 16.1 Å². The standard InChI is InChI=1S/C44H64N2S5Si2/c1-7-13-19-20-28-53(26-17-11-5,27-18-12-6)42-32-40-38(50-42)30-36(48-40)34-22-21-33(43-44(34)46-51-45-43)35-29-37-39(47-35)31-41(49-37)52(23-14-8-2,24-15-9-3)25-16-10-4/h21-22,29-32H,7-20,23-28H2,1-6H3. The molecule has 53 heavy (non-hydrogen) atoms. The molecule has 6 rings (SSSR count). The molecule has 0 radical (unpaired) electrons. The Morgan fingerprint density at radius 3 is 1.13 bits per heavy atom. The highest BCUT2D eigenvalue weighted by atomic mass is 32.1. The molecule has 0 unspecified atom stereocenters. The third-order valence-electron chi connectivity index (χ3n) is 12.0. The number of benzene rings is 1. The van der Waals surface area contributed by atoms with Crippen molar-refractivity contribution < 1.29 is 0 Å². The Morgan fingerprint density at radius 1 is 0.415 bits per heavy atom. The van der Waals surface area contributed by atoms with Gasteiger partial charge in [-0.25, -0.2) is 0 Å². The van der Waals surface area contributed by atoms with Gasteiger partial charge in [-0.05, 0) is 33.3 Å². The molecule has 0 saturated carbocycles. The third-order valence-corrected chi connectivity index (χ3v) is 30.2. The number of thiophene rings is 4. The molecule has 2 nitrogen and oxygen atoms in total. The number of unbranched alkanes of at least 4 members (excludes halogenated alkanes) is 8. The van der Waals surface area contributed by atoms with E-state index in [-0.39, 0.29) is 0 Å². The molecule has 5 aromatic heterocycles. The van der Waals surface area contributed by atoms with Crippen LogP contribution in [0.15, 0.2) is 36.4 Å². The summed E-state index contributed by atoms with van der Waals surface area (Å²) in [6.07, 6.45) is 19.1. The van der Waals surface area contributed by atoms with Crippen LogP contribution in [0.25, 0.3) is 50.7 Å². The van der Waals surface area contributed by atoms with Gasteiger partial charge in [-0.1, -0.05) is 180 Å². The monoisotopic (exact) mass is 836 g/mol. The summed E-state index contributed by atoms with van der Waals surface area (Å²) in [5.41, 5.74) is 4.67. The average molecular weight is 838 g/mol. The van der Waals surface area contributed by atoms with E-state index in [0.29, 0.717) is 0 Å². The summed E-state index contributed by atoms with van der Waals surface area (Å²) in [5, 5.41) is 0. The van der Waals surface area contributed by atoms with Gasteiger partial charge in [0.2, 0.25) is 0 Å². The van der Waals surface area contributed by atoms with Crippen LogP contribution in [-0.4, -0.2) is 24.9 Å². The second kappa shape index (κ2) is 19.8. The van der Waals surface area contributed by atoms with Gasteiger partial charge in [-0.3, -0.25) is 0 Å². The molecule has 0 aliphatic heterocycles. The molecule has 0 saturated heterocycles. The van der Waals surface area contributed by atoms with Crippen LogP contribution in [0.1, 0.15) is 131 Å². The molecule has 5 heterocycles. The van der Waals surface area contributed by atoms with Crippen molar-refractivity contribution in [2.45, 2.75) is 168 Å². The second-order valence-corrected chi connectivity index (χ2v) is 30.7. The van der Waals surface area contributed by atoms with Crippen molar-refractivity contribution in [1.29, 1.82) is 0 Å². The first-order valence-corrected chi connectivity index (χ1v) is 30.5. The van der Waals surface area contributed by atoms with Crippen LogP contribution in [-0.2, 0) is 0 Å². The molecule has 0 N–H and O–H groups in total. The SMILES string of the molecule is CCCCCC[Si](CCCC)(CCCC)c1cc2sc(-c3ccc(-c4cc5sc([Si](CCCC)(CCCC)CCCC)cc5s4)c4nsnc34)cc2s1. The molecular weight excluding hydrogens is 773 g/mol. The summed E-state index contributed by atoms with van der Waals surface area (Å²) in [4.78, 5) is 2.70. The van der Waals surface area contributed by atoms with E-state index in [1.54, 1.807) is 9.00 Å². The smallest absolute Gasteiger partial charge is 0.114 e. The van der Waals surface area contributed by atoms with Gasteiger partial charge >= 0.3 is 0 Å². The molecule has 0 aliphatic rings. The minimum atomic E-state index is -1.52. The maximum atomic E-state index is 4.94. The van der Waals surface area contributed by atoms with E-state index in [9.17, 15) is 0 Å². The minimum Gasteiger partial charge on any atom is -0.172 e. The fourth-order valence-corrected chi connectivity index (χ4v) is 28.0. The van der Waals surface area contributed by atoms with Gasteiger partial charge in [0, 0.05) is 39.7 Å². The van der Waals surface area contributed by atoms with Crippen LogP contribution < -0.4 is 9.00 Å². The van der Waals surface area contributed by atoms with Crippen LogP contribution >= 0.6 is 57.1 Å². The number of hydrogen-bond donors (Lipinski definition) is 0. The zero-order valence-electron chi connectivity index (χ0n) is 33.5. The maximum absolute atomic E-state index is 4.94. The summed E-state index contributed by atoms with van der Waals surface area (Å²) >= 11 is 9.65. The largest absolute Gasteiger partial charge is 0.172 e. The highest BCUT2D eigenvalue weighted by Gasteiger charge is 2.36. The maximum Gasteiger partial charge on any atom is 0.114 e. The minimum absolute atomic E-state index is 1.08. The Kier molecular flexibility index (Phi) is 15.5. The van der Waals surface area contributed by atoms with Crippen molar-refractivity contribution >= 4 is 112 Å².